The summed E-state index contributed by atoms with van der Waals surface area (Å²) in [4.78, 5) is 13.4. The average Bonchev–Trinajstić information content (AvgIpc) is 3.23. The van der Waals surface area contributed by atoms with Crippen LogP contribution in [0.15, 0.2) is 22.8 Å². The van der Waals surface area contributed by atoms with Crippen LogP contribution in [-0.2, 0) is 7.05 Å². The number of fused-ring (bicyclic) bond motifs is 1. The zero-order valence-electron chi connectivity index (χ0n) is 14.0. The summed E-state index contributed by atoms with van der Waals surface area (Å²) in [6, 6.07) is 3.68. The van der Waals surface area contributed by atoms with Gasteiger partial charge in [0.25, 0.3) is 0 Å². The Morgan fingerprint density at radius 3 is 2.72 bits per heavy atom. The molecule has 4 rings (SSSR count). The predicted octanol–water partition coefficient (Wildman–Crippen LogP) is 3.56. The van der Waals surface area contributed by atoms with Crippen LogP contribution in [0.5, 0.6) is 0 Å². The molecule has 3 heterocycles. The fourth-order valence-corrected chi connectivity index (χ4v) is 3.18. The van der Waals surface area contributed by atoms with Crippen molar-refractivity contribution >= 4 is 29.4 Å². The van der Waals surface area contributed by atoms with Gasteiger partial charge >= 0.3 is 0 Å². The number of aryl methyl sites for hydroxylation is 1. The highest BCUT2D eigenvalue weighted by Crippen LogP contribution is 2.26. The SMILES string of the molecule is Cl.Cn1c(-c2ccco2)nc2c(N)nc(C#CC3CCCCC3)nc21. The molecule has 3 aromatic heterocycles. The van der Waals surface area contributed by atoms with Crippen LogP contribution in [0, 0.1) is 17.8 Å². The van der Waals surface area contributed by atoms with Gasteiger partial charge in [0.15, 0.2) is 28.6 Å². The topological polar surface area (TPSA) is 82.8 Å². The smallest absolute Gasteiger partial charge is 0.208 e. The first-order valence-electron chi connectivity index (χ1n) is 8.28. The number of anilines is 1. The summed E-state index contributed by atoms with van der Waals surface area (Å²) in [6.07, 6.45) is 7.78. The molecule has 1 fully saturated rings. The Morgan fingerprint density at radius 2 is 2.00 bits per heavy atom. The minimum atomic E-state index is 0. The zero-order chi connectivity index (χ0) is 16.5. The van der Waals surface area contributed by atoms with E-state index >= 15 is 0 Å². The third kappa shape index (κ3) is 3.33. The Hall–Kier alpha value is -2.52. The second kappa shape index (κ2) is 7.16. The van der Waals surface area contributed by atoms with Crippen LogP contribution in [0.4, 0.5) is 5.82 Å². The number of furan rings is 1. The van der Waals surface area contributed by atoms with Crippen LogP contribution in [0.2, 0.25) is 0 Å². The standard InChI is InChI=1S/C18H19N5O.ClH/c1-23-17(13-8-5-11-24-13)22-15-16(19)20-14(21-18(15)23)10-9-12-6-3-2-4-7-12;/h5,8,11-12H,2-4,6-7H2,1H3,(H2,19,20,21);1H. The minimum absolute atomic E-state index is 0. The van der Waals surface area contributed by atoms with E-state index in [9.17, 15) is 0 Å². The van der Waals surface area contributed by atoms with Crippen LogP contribution in [0.3, 0.4) is 0 Å². The first kappa shape index (κ1) is 17.3. The van der Waals surface area contributed by atoms with Gasteiger partial charge in [-0.15, -0.1) is 12.4 Å². The van der Waals surface area contributed by atoms with Gasteiger partial charge in [-0.1, -0.05) is 25.2 Å². The Balaban J connectivity index is 0.00000182. The molecule has 130 valence electrons. The van der Waals surface area contributed by atoms with E-state index in [2.05, 4.69) is 26.8 Å². The maximum atomic E-state index is 6.08. The van der Waals surface area contributed by atoms with Gasteiger partial charge < -0.3 is 14.7 Å². The van der Waals surface area contributed by atoms with Crippen molar-refractivity contribution in [1.29, 1.82) is 0 Å². The lowest BCUT2D eigenvalue weighted by Gasteiger charge is -2.15. The van der Waals surface area contributed by atoms with Crippen molar-refractivity contribution in [3.63, 3.8) is 0 Å². The number of halogens is 1. The van der Waals surface area contributed by atoms with E-state index in [-0.39, 0.29) is 12.4 Å². The molecule has 25 heavy (non-hydrogen) atoms. The minimum Gasteiger partial charge on any atom is -0.461 e. The van der Waals surface area contributed by atoms with E-state index in [1.165, 1.54) is 32.1 Å². The van der Waals surface area contributed by atoms with E-state index in [1.807, 2.05) is 23.7 Å². The van der Waals surface area contributed by atoms with Gasteiger partial charge in [0, 0.05) is 13.0 Å². The first-order chi connectivity index (χ1) is 11.7. The Morgan fingerprint density at radius 1 is 1.20 bits per heavy atom. The van der Waals surface area contributed by atoms with Gasteiger partial charge in [-0.05, 0) is 30.9 Å². The van der Waals surface area contributed by atoms with Crippen molar-refractivity contribution in [1.82, 2.24) is 19.5 Å². The Labute approximate surface area is 152 Å². The molecule has 0 unspecified atom stereocenters. The molecule has 1 aliphatic carbocycles. The molecule has 3 aromatic rings. The molecule has 6 nitrogen and oxygen atoms in total. The second-order valence-electron chi connectivity index (χ2n) is 6.18. The summed E-state index contributed by atoms with van der Waals surface area (Å²) in [5.74, 6) is 9.01. The normalized spacial score (nSPS) is 14.8. The van der Waals surface area contributed by atoms with Crippen molar-refractivity contribution in [3.8, 4) is 23.4 Å². The highest BCUT2D eigenvalue weighted by Gasteiger charge is 2.17. The van der Waals surface area contributed by atoms with Crippen LogP contribution in [-0.4, -0.2) is 19.5 Å². The summed E-state index contributed by atoms with van der Waals surface area (Å²) in [6.45, 7) is 0. The maximum absolute atomic E-state index is 6.08. The summed E-state index contributed by atoms with van der Waals surface area (Å²) in [7, 11) is 1.89. The highest BCUT2D eigenvalue weighted by molar-refractivity contribution is 5.85. The number of nitrogens with two attached hydrogens (primary N) is 1. The second-order valence-corrected chi connectivity index (χ2v) is 6.18. The molecule has 0 saturated heterocycles. The van der Waals surface area contributed by atoms with E-state index < -0.39 is 0 Å². The van der Waals surface area contributed by atoms with E-state index in [1.54, 1.807) is 6.26 Å². The van der Waals surface area contributed by atoms with Crippen LogP contribution in [0.1, 0.15) is 37.9 Å². The van der Waals surface area contributed by atoms with Gasteiger partial charge in [0.1, 0.15) is 0 Å². The van der Waals surface area contributed by atoms with Gasteiger partial charge in [-0.25, -0.2) is 15.0 Å². The Kier molecular flexibility index (Phi) is 4.95. The van der Waals surface area contributed by atoms with Crippen molar-refractivity contribution in [2.75, 3.05) is 5.73 Å². The summed E-state index contributed by atoms with van der Waals surface area (Å²) < 4.78 is 7.29. The summed E-state index contributed by atoms with van der Waals surface area (Å²) in [5, 5.41) is 0. The lowest BCUT2D eigenvalue weighted by Crippen LogP contribution is -2.04. The molecule has 0 radical (unpaired) electrons. The number of rotatable bonds is 1. The molecular formula is C18H20ClN5O. The highest BCUT2D eigenvalue weighted by atomic mass is 35.5. The van der Waals surface area contributed by atoms with Gasteiger partial charge in [-0.2, -0.15) is 0 Å². The fourth-order valence-electron chi connectivity index (χ4n) is 3.18. The average molecular weight is 358 g/mol. The monoisotopic (exact) mass is 357 g/mol. The van der Waals surface area contributed by atoms with Crippen LogP contribution < -0.4 is 5.73 Å². The zero-order valence-corrected chi connectivity index (χ0v) is 14.8. The lowest BCUT2D eigenvalue weighted by atomic mass is 9.90. The van der Waals surface area contributed by atoms with Crippen molar-refractivity contribution in [2.45, 2.75) is 32.1 Å². The van der Waals surface area contributed by atoms with E-state index in [0.717, 1.165) is 0 Å². The molecule has 0 amide bonds. The molecule has 1 saturated carbocycles. The predicted molar refractivity (Wildman–Crippen MR) is 99.1 cm³/mol. The molecule has 1 aliphatic rings. The molecule has 0 spiro atoms. The number of aromatic nitrogens is 4. The van der Waals surface area contributed by atoms with Crippen LogP contribution >= 0.6 is 12.4 Å². The van der Waals surface area contributed by atoms with Crippen molar-refractivity contribution in [2.24, 2.45) is 13.0 Å². The number of nitrogens with zero attached hydrogens (tertiary/aromatic N) is 4. The van der Waals surface area contributed by atoms with Gasteiger partial charge in [0.2, 0.25) is 5.82 Å². The largest absolute Gasteiger partial charge is 0.461 e. The van der Waals surface area contributed by atoms with Crippen molar-refractivity contribution in [3.05, 3.63) is 24.2 Å². The van der Waals surface area contributed by atoms with Crippen LogP contribution in [0.25, 0.3) is 22.7 Å². The summed E-state index contributed by atoms with van der Waals surface area (Å²) >= 11 is 0. The molecule has 0 bridgehead atoms. The molecular weight excluding hydrogens is 338 g/mol. The van der Waals surface area contributed by atoms with Crippen molar-refractivity contribution < 1.29 is 4.42 Å². The Bertz CT molecular complexity index is 930. The quantitative estimate of drug-likeness (QED) is 0.673. The molecule has 2 N–H and O–H groups in total. The van der Waals surface area contributed by atoms with E-state index in [4.69, 9.17) is 10.2 Å². The third-order valence-corrected chi connectivity index (χ3v) is 4.48. The molecule has 7 heteroatoms. The maximum Gasteiger partial charge on any atom is 0.208 e. The molecule has 0 atom stereocenters. The molecule has 0 aliphatic heterocycles. The lowest BCUT2D eigenvalue weighted by molar-refractivity contribution is 0.430. The number of imidazole rings is 1. The molecule has 0 aromatic carbocycles. The third-order valence-electron chi connectivity index (χ3n) is 4.48. The van der Waals surface area contributed by atoms with E-state index in [0.29, 0.717) is 40.3 Å². The van der Waals surface area contributed by atoms with Gasteiger partial charge in [-0.3, -0.25) is 0 Å². The first-order valence-corrected chi connectivity index (χ1v) is 8.28. The van der Waals surface area contributed by atoms with Gasteiger partial charge in [0.05, 0.1) is 6.26 Å². The number of hydrogen-bond acceptors (Lipinski definition) is 5. The number of nitrogen functional groups attached to an aromatic ring is 1. The fraction of sp³-hybridized carbons (Fsp3) is 0.389. The number of hydrogen-bond donors (Lipinski definition) is 1. The summed E-state index contributed by atoms with van der Waals surface area (Å²) in [5.41, 5.74) is 7.32.